The molecule has 1 aromatic rings. The topological polar surface area (TPSA) is 75.8 Å². The molecule has 6 nitrogen and oxygen atoms in total. The van der Waals surface area contributed by atoms with Crippen LogP contribution in [-0.4, -0.2) is 47.3 Å². The van der Waals surface area contributed by atoms with Crippen LogP contribution in [0.1, 0.15) is 25.7 Å². The summed E-state index contributed by atoms with van der Waals surface area (Å²) in [4.78, 5) is 12.7. The van der Waals surface area contributed by atoms with Gasteiger partial charge in [0, 0.05) is 19.2 Å². The molecule has 1 saturated carbocycles. The van der Waals surface area contributed by atoms with Crippen molar-refractivity contribution in [3.63, 3.8) is 0 Å². The molecule has 0 aromatic heterocycles. The van der Waals surface area contributed by atoms with E-state index in [0.29, 0.717) is 12.0 Å². The van der Waals surface area contributed by atoms with Crippen LogP contribution in [0.15, 0.2) is 24.3 Å². The van der Waals surface area contributed by atoms with Gasteiger partial charge in [0.1, 0.15) is 12.7 Å². The minimum atomic E-state index is -0.630. The van der Waals surface area contributed by atoms with Crippen LogP contribution in [0.5, 0.6) is 5.75 Å². The van der Waals surface area contributed by atoms with Gasteiger partial charge in [-0.2, -0.15) is 0 Å². The third-order valence-corrected chi connectivity index (χ3v) is 4.89. The lowest BCUT2D eigenvalue weighted by Gasteiger charge is -2.38. The number of ether oxygens (including phenoxy) is 1. The van der Waals surface area contributed by atoms with Crippen LogP contribution in [0.25, 0.3) is 0 Å². The fraction of sp³-hybridized carbons (Fsp3) is 0.625. The van der Waals surface area contributed by atoms with Gasteiger partial charge in [-0.15, -0.1) is 0 Å². The van der Waals surface area contributed by atoms with Crippen LogP contribution in [0.3, 0.4) is 0 Å². The lowest BCUT2D eigenvalue weighted by molar-refractivity contribution is -0.385. The number of aliphatic hydroxyl groups excluding tert-OH is 1. The predicted molar refractivity (Wildman–Crippen MR) is 81.9 cm³/mol. The number of nitro benzene ring substituents is 1. The number of rotatable bonds is 6. The lowest BCUT2D eigenvalue weighted by atomic mass is 9.68. The molecule has 1 aliphatic carbocycles. The van der Waals surface area contributed by atoms with E-state index in [0.717, 1.165) is 13.1 Å². The Morgan fingerprint density at radius 2 is 2.14 bits per heavy atom. The molecular weight excluding hydrogens is 284 g/mol. The Morgan fingerprint density at radius 1 is 1.36 bits per heavy atom. The first-order valence-corrected chi connectivity index (χ1v) is 7.85. The van der Waals surface area contributed by atoms with Crippen LogP contribution in [-0.2, 0) is 0 Å². The largest absolute Gasteiger partial charge is 0.484 e. The van der Waals surface area contributed by atoms with Gasteiger partial charge in [-0.1, -0.05) is 18.6 Å². The standard InChI is InChI=1S/C16H22N2O4/c19-13(10-17-9-8-16(12-17)6-3-7-16)11-22-15-5-2-1-4-14(15)18(20)21/h1-2,4-5,13,19H,3,6-12H2. The van der Waals surface area contributed by atoms with E-state index in [9.17, 15) is 15.2 Å². The van der Waals surface area contributed by atoms with Crippen molar-refractivity contribution >= 4 is 5.69 Å². The summed E-state index contributed by atoms with van der Waals surface area (Å²) in [5, 5.41) is 21.0. The van der Waals surface area contributed by atoms with Crippen molar-refractivity contribution in [1.29, 1.82) is 0 Å². The second-order valence-corrected chi connectivity index (χ2v) is 6.53. The molecule has 1 unspecified atom stereocenters. The van der Waals surface area contributed by atoms with Gasteiger partial charge >= 0.3 is 5.69 Å². The summed E-state index contributed by atoms with van der Waals surface area (Å²) in [6.07, 6.45) is 4.55. The number of aliphatic hydroxyl groups is 1. The molecule has 1 aliphatic heterocycles. The zero-order valence-corrected chi connectivity index (χ0v) is 12.6. The minimum Gasteiger partial charge on any atom is -0.484 e. The van der Waals surface area contributed by atoms with E-state index in [1.165, 1.54) is 31.7 Å². The Morgan fingerprint density at radius 3 is 2.77 bits per heavy atom. The van der Waals surface area contributed by atoms with E-state index in [-0.39, 0.29) is 18.0 Å². The Kier molecular flexibility index (Phi) is 4.31. The number of hydrogen-bond donors (Lipinski definition) is 1. The van der Waals surface area contributed by atoms with Crippen molar-refractivity contribution in [3.8, 4) is 5.75 Å². The maximum atomic E-state index is 10.9. The first kappa shape index (κ1) is 15.2. The van der Waals surface area contributed by atoms with Gasteiger partial charge in [0.25, 0.3) is 0 Å². The van der Waals surface area contributed by atoms with E-state index in [1.807, 2.05) is 0 Å². The van der Waals surface area contributed by atoms with Gasteiger partial charge in [-0.05, 0) is 37.3 Å². The van der Waals surface area contributed by atoms with Crippen molar-refractivity contribution < 1.29 is 14.8 Å². The third kappa shape index (κ3) is 3.23. The smallest absolute Gasteiger partial charge is 0.310 e. The molecule has 3 rings (SSSR count). The van der Waals surface area contributed by atoms with E-state index < -0.39 is 11.0 Å². The fourth-order valence-corrected chi connectivity index (χ4v) is 3.54. The molecule has 1 saturated heterocycles. The molecule has 6 heteroatoms. The average molecular weight is 306 g/mol. The summed E-state index contributed by atoms with van der Waals surface area (Å²) in [6.45, 7) is 2.74. The van der Waals surface area contributed by atoms with E-state index in [2.05, 4.69) is 4.90 Å². The van der Waals surface area contributed by atoms with Crippen LogP contribution < -0.4 is 4.74 Å². The number of likely N-dealkylation sites (tertiary alicyclic amines) is 1. The van der Waals surface area contributed by atoms with E-state index >= 15 is 0 Å². The molecule has 0 bridgehead atoms. The number of nitrogens with zero attached hydrogens (tertiary/aromatic N) is 2. The zero-order valence-electron chi connectivity index (χ0n) is 12.6. The van der Waals surface area contributed by atoms with Crippen LogP contribution in [0.2, 0.25) is 0 Å². The quantitative estimate of drug-likeness (QED) is 0.644. The van der Waals surface area contributed by atoms with Gasteiger partial charge < -0.3 is 14.7 Å². The summed E-state index contributed by atoms with van der Waals surface area (Å²) in [5.41, 5.74) is 0.447. The summed E-state index contributed by atoms with van der Waals surface area (Å²) >= 11 is 0. The zero-order chi connectivity index (χ0) is 15.6. The Bertz CT molecular complexity index is 545. The van der Waals surface area contributed by atoms with Crippen molar-refractivity contribution in [2.24, 2.45) is 5.41 Å². The summed E-state index contributed by atoms with van der Waals surface area (Å²) < 4.78 is 5.44. The van der Waals surface area contributed by atoms with Gasteiger partial charge in [0.15, 0.2) is 5.75 Å². The average Bonchev–Trinajstić information content (AvgIpc) is 2.89. The molecule has 1 aromatic carbocycles. The SMILES string of the molecule is O=[N+]([O-])c1ccccc1OCC(O)CN1CCC2(CCC2)C1. The van der Waals surface area contributed by atoms with Crippen LogP contribution >= 0.6 is 0 Å². The van der Waals surface area contributed by atoms with Gasteiger partial charge in [-0.3, -0.25) is 10.1 Å². The van der Waals surface area contributed by atoms with E-state index in [1.54, 1.807) is 18.2 Å². The molecule has 1 atom stereocenters. The number of hydrogen-bond acceptors (Lipinski definition) is 5. The van der Waals surface area contributed by atoms with Crippen LogP contribution in [0, 0.1) is 15.5 Å². The Labute approximate surface area is 129 Å². The number of nitro groups is 1. The van der Waals surface area contributed by atoms with Crippen molar-refractivity contribution in [2.45, 2.75) is 31.8 Å². The van der Waals surface area contributed by atoms with E-state index in [4.69, 9.17) is 4.74 Å². The molecule has 2 fully saturated rings. The maximum absolute atomic E-state index is 10.9. The highest BCUT2D eigenvalue weighted by atomic mass is 16.6. The van der Waals surface area contributed by atoms with Crippen molar-refractivity contribution in [3.05, 3.63) is 34.4 Å². The highest BCUT2D eigenvalue weighted by molar-refractivity contribution is 5.45. The molecule has 0 radical (unpaired) electrons. The summed E-state index contributed by atoms with van der Waals surface area (Å²) in [5.74, 6) is 0.212. The van der Waals surface area contributed by atoms with Crippen LogP contribution in [0.4, 0.5) is 5.69 Å². The summed E-state index contributed by atoms with van der Waals surface area (Å²) in [6, 6.07) is 6.26. The van der Waals surface area contributed by atoms with Crippen molar-refractivity contribution in [1.82, 2.24) is 4.90 Å². The van der Waals surface area contributed by atoms with Gasteiger partial charge in [0.05, 0.1) is 4.92 Å². The normalized spacial score (nSPS) is 21.5. The molecule has 120 valence electrons. The fourth-order valence-electron chi connectivity index (χ4n) is 3.54. The lowest BCUT2D eigenvalue weighted by Crippen LogP contribution is -2.38. The third-order valence-electron chi connectivity index (χ3n) is 4.89. The molecule has 1 heterocycles. The summed E-state index contributed by atoms with van der Waals surface area (Å²) in [7, 11) is 0. The highest BCUT2D eigenvalue weighted by Crippen LogP contribution is 2.47. The first-order valence-electron chi connectivity index (χ1n) is 7.85. The highest BCUT2D eigenvalue weighted by Gasteiger charge is 2.42. The molecular formula is C16H22N2O4. The molecule has 1 N–H and O–H groups in total. The number of para-hydroxylation sites is 2. The Hall–Kier alpha value is -1.66. The second-order valence-electron chi connectivity index (χ2n) is 6.53. The molecule has 1 spiro atoms. The Balaban J connectivity index is 1.48. The maximum Gasteiger partial charge on any atom is 0.310 e. The molecule has 2 aliphatic rings. The monoisotopic (exact) mass is 306 g/mol. The molecule has 22 heavy (non-hydrogen) atoms. The number of benzene rings is 1. The second kappa shape index (κ2) is 6.22. The minimum absolute atomic E-state index is 0.0655. The van der Waals surface area contributed by atoms with Gasteiger partial charge in [-0.25, -0.2) is 0 Å². The van der Waals surface area contributed by atoms with Crippen molar-refractivity contribution in [2.75, 3.05) is 26.2 Å². The first-order chi connectivity index (χ1) is 10.6. The van der Waals surface area contributed by atoms with Gasteiger partial charge in [0.2, 0.25) is 0 Å². The predicted octanol–water partition coefficient (Wildman–Crippen LogP) is 2.21. The molecule has 0 amide bonds. The number of β-amino-alcohol motifs (C(OH)–C–C–N with tert-alkyl or cyclic N) is 1.